The molecule has 0 unspecified atom stereocenters. The molecule has 0 radical (unpaired) electrons. The molecule has 0 aromatic carbocycles. The van der Waals surface area contributed by atoms with Crippen LogP contribution in [0.4, 0.5) is 0 Å². The summed E-state index contributed by atoms with van der Waals surface area (Å²) in [7, 11) is 0. The lowest BCUT2D eigenvalue weighted by atomic mass is 10.0. The molecule has 2 nitrogen and oxygen atoms in total. The van der Waals surface area contributed by atoms with Gasteiger partial charge in [-0.15, -0.1) is 11.3 Å². The normalized spacial score (nSPS) is 11.5. The Morgan fingerprint density at radius 2 is 2.36 bits per heavy atom. The highest BCUT2D eigenvalue weighted by Crippen LogP contribution is 2.19. The molecule has 1 aromatic rings. The first-order valence-electron chi connectivity index (χ1n) is 3.41. The van der Waals surface area contributed by atoms with Crippen molar-refractivity contribution in [2.45, 2.75) is 19.4 Å². The first kappa shape index (κ1) is 8.43. The van der Waals surface area contributed by atoms with Gasteiger partial charge in [0.25, 0.3) is 0 Å². The molecule has 60 valence electrons. The highest BCUT2D eigenvalue weighted by molar-refractivity contribution is 7.10. The maximum Gasteiger partial charge on any atom is 0.115 e. The fourth-order valence-electron chi connectivity index (χ4n) is 0.677. The number of aromatic nitrogens is 1. The highest BCUT2D eigenvalue weighted by atomic mass is 32.1. The summed E-state index contributed by atoms with van der Waals surface area (Å²) in [6.45, 7) is 7.51. The Bertz CT molecular complexity index is 257. The Kier molecular flexibility index (Phi) is 2.11. The van der Waals surface area contributed by atoms with E-state index in [-0.39, 0.29) is 5.54 Å². The molecule has 1 rings (SSSR count). The van der Waals surface area contributed by atoms with Crippen LogP contribution in [0.25, 0.3) is 6.08 Å². The summed E-state index contributed by atoms with van der Waals surface area (Å²) < 4.78 is 0. The second-order valence-electron chi connectivity index (χ2n) is 3.00. The van der Waals surface area contributed by atoms with E-state index in [2.05, 4.69) is 11.6 Å². The lowest BCUT2D eigenvalue weighted by Crippen LogP contribution is -2.28. The molecule has 3 heteroatoms. The van der Waals surface area contributed by atoms with Crippen molar-refractivity contribution in [1.82, 2.24) is 4.98 Å². The molecule has 11 heavy (non-hydrogen) atoms. The third-order valence-corrected chi connectivity index (χ3v) is 2.20. The Morgan fingerprint density at radius 3 is 2.64 bits per heavy atom. The average molecular weight is 168 g/mol. The van der Waals surface area contributed by atoms with Gasteiger partial charge in [0.1, 0.15) is 5.01 Å². The molecule has 1 aromatic heterocycles. The fourth-order valence-corrected chi connectivity index (χ4v) is 1.51. The maximum absolute atomic E-state index is 5.83. The number of nitrogens with zero attached hydrogens (tertiary/aromatic N) is 1. The van der Waals surface area contributed by atoms with Crippen LogP contribution in [0.15, 0.2) is 12.0 Å². The maximum atomic E-state index is 5.83. The van der Waals surface area contributed by atoms with Gasteiger partial charge in [-0.25, -0.2) is 4.98 Å². The van der Waals surface area contributed by atoms with E-state index < -0.39 is 0 Å². The van der Waals surface area contributed by atoms with Crippen molar-refractivity contribution in [3.05, 3.63) is 22.7 Å². The molecule has 0 bridgehead atoms. The summed E-state index contributed by atoms with van der Waals surface area (Å²) >= 11 is 1.57. The van der Waals surface area contributed by atoms with Crippen molar-refractivity contribution in [3.63, 3.8) is 0 Å². The van der Waals surface area contributed by atoms with Gasteiger partial charge in [0.05, 0.1) is 11.2 Å². The number of nitrogens with two attached hydrogens (primary N) is 1. The SMILES string of the molecule is C=Cc1nc(C(C)(C)N)cs1. The lowest BCUT2D eigenvalue weighted by Gasteiger charge is -2.14. The van der Waals surface area contributed by atoms with Gasteiger partial charge in [-0.05, 0) is 19.9 Å². The van der Waals surface area contributed by atoms with Crippen molar-refractivity contribution < 1.29 is 0 Å². The van der Waals surface area contributed by atoms with E-state index in [4.69, 9.17) is 5.73 Å². The van der Waals surface area contributed by atoms with Crippen molar-refractivity contribution in [3.8, 4) is 0 Å². The third kappa shape index (κ3) is 1.88. The summed E-state index contributed by atoms with van der Waals surface area (Å²) in [6.07, 6.45) is 1.74. The zero-order chi connectivity index (χ0) is 8.48. The van der Waals surface area contributed by atoms with Crippen LogP contribution in [0.1, 0.15) is 24.5 Å². The van der Waals surface area contributed by atoms with Gasteiger partial charge in [0, 0.05) is 5.38 Å². The van der Waals surface area contributed by atoms with Crippen molar-refractivity contribution in [2.24, 2.45) is 5.73 Å². The Hall–Kier alpha value is -0.670. The standard InChI is InChI=1S/C8H12N2S/c1-4-7-10-6(5-11-7)8(2,3)9/h4-5H,1,9H2,2-3H3. The Labute approximate surface area is 70.8 Å². The predicted octanol–water partition coefficient (Wildman–Crippen LogP) is 1.98. The molecule has 1 heterocycles. The monoisotopic (exact) mass is 168 g/mol. The van der Waals surface area contributed by atoms with Gasteiger partial charge >= 0.3 is 0 Å². The van der Waals surface area contributed by atoms with E-state index >= 15 is 0 Å². The summed E-state index contributed by atoms with van der Waals surface area (Å²) in [4.78, 5) is 4.28. The Morgan fingerprint density at radius 1 is 1.73 bits per heavy atom. The van der Waals surface area contributed by atoms with Crippen LogP contribution in [-0.2, 0) is 5.54 Å². The van der Waals surface area contributed by atoms with Crippen LogP contribution in [0.5, 0.6) is 0 Å². The minimum atomic E-state index is -0.336. The zero-order valence-electron chi connectivity index (χ0n) is 6.79. The van der Waals surface area contributed by atoms with Gasteiger partial charge < -0.3 is 5.73 Å². The predicted molar refractivity (Wildman–Crippen MR) is 49.4 cm³/mol. The first-order chi connectivity index (χ1) is 5.04. The van der Waals surface area contributed by atoms with E-state index in [0.29, 0.717) is 0 Å². The van der Waals surface area contributed by atoms with Crippen LogP contribution in [0, 0.1) is 0 Å². The van der Waals surface area contributed by atoms with Crippen LogP contribution >= 0.6 is 11.3 Å². The number of rotatable bonds is 2. The van der Waals surface area contributed by atoms with E-state index in [1.165, 1.54) is 0 Å². The topological polar surface area (TPSA) is 38.9 Å². The summed E-state index contributed by atoms with van der Waals surface area (Å²) in [5, 5.41) is 2.90. The van der Waals surface area contributed by atoms with Crippen LogP contribution in [-0.4, -0.2) is 4.98 Å². The largest absolute Gasteiger partial charge is 0.321 e. The summed E-state index contributed by atoms with van der Waals surface area (Å²) in [5.41, 5.74) is 6.43. The van der Waals surface area contributed by atoms with E-state index in [0.717, 1.165) is 10.7 Å². The molecule has 0 amide bonds. The summed E-state index contributed by atoms with van der Waals surface area (Å²) in [5.74, 6) is 0. The van der Waals surface area contributed by atoms with Crippen molar-refractivity contribution in [2.75, 3.05) is 0 Å². The molecule has 0 fully saturated rings. The van der Waals surface area contributed by atoms with Gasteiger partial charge in [-0.2, -0.15) is 0 Å². The first-order valence-corrected chi connectivity index (χ1v) is 4.29. The van der Waals surface area contributed by atoms with Gasteiger partial charge in [-0.3, -0.25) is 0 Å². The second kappa shape index (κ2) is 2.75. The minimum Gasteiger partial charge on any atom is -0.321 e. The van der Waals surface area contributed by atoms with Crippen LogP contribution in [0.3, 0.4) is 0 Å². The lowest BCUT2D eigenvalue weighted by molar-refractivity contribution is 0.538. The number of hydrogen-bond acceptors (Lipinski definition) is 3. The van der Waals surface area contributed by atoms with Gasteiger partial charge in [0.15, 0.2) is 0 Å². The fraction of sp³-hybridized carbons (Fsp3) is 0.375. The van der Waals surface area contributed by atoms with Gasteiger partial charge in [-0.1, -0.05) is 6.58 Å². The molecule has 0 aliphatic heterocycles. The summed E-state index contributed by atoms with van der Waals surface area (Å²) in [6, 6.07) is 0. The third-order valence-electron chi connectivity index (χ3n) is 1.36. The molecule has 0 saturated heterocycles. The second-order valence-corrected chi connectivity index (χ2v) is 3.89. The van der Waals surface area contributed by atoms with Crippen molar-refractivity contribution >= 4 is 17.4 Å². The van der Waals surface area contributed by atoms with Crippen LogP contribution in [0.2, 0.25) is 0 Å². The quantitative estimate of drug-likeness (QED) is 0.733. The van der Waals surface area contributed by atoms with Crippen LogP contribution < -0.4 is 5.73 Å². The molecule has 2 N–H and O–H groups in total. The Balaban J connectivity index is 2.98. The van der Waals surface area contributed by atoms with E-state index in [9.17, 15) is 0 Å². The molecule has 0 saturated carbocycles. The molecule has 0 atom stereocenters. The molecular formula is C8H12N2S. The van der Waals surface area contributed by atoms with E-state index in [1.54, 1.807) is 17.4 Å². The smallest absolute Gasteiger partial charge is 0.115 e. The number of hydrogen-bond donors (Lipinski definition) is 1. The molecular weight excluding hydrogens is 156 g/mol. The molecule has 0 aliphatic carbocycles. The zero-order valence-corrected chi connectivity index (χ0v) is 7.61. The highest BCUT2D eigenvalue weighted by Gasteiger charge is 2.16. The molecule has 0 aliphatic rings. The van der Waals surface area contributed by atoms with E-state index in [1.807, 2.05) is 19.2 Å². The van der Waals surface area contributed by atoms with Crippen molar-refractivity contribution in [1.29, 1.82) is 0 Å². The van der Waals surface area contributed by atoms with Gasteiger partial charge in [0.2, 0.25) is 0 Å². The average Bonchev–Trinajstić information content (AvgIpc) is 2.32. The number of thiazole rings is 1. The molecule has 0 spiro atoms. The minimum absolute atomic E-state index is 0.336.